The van der Waals surface area contributed by atoms with Crippen LogP contribution in [0.25, 0.3) is 10.9 Å². The minimum atomic E-state index is -0.389. The van der Waals surface area contributed by atoms with E-state index in [1.54, 1.807) is 30.5 Å². The van der Waals surface area contributed by atoms with Crippen molar-refractivity contribution < 1.29 is 9.59 Å². The van der Waals surface area contributed by atoms with E-state index >= 15 is 0 Å². The smallest absolute Gasteiger partial charge is 0.274 e. The topological polar surface area (TPSA) is 87.2 Å². The van der Waals surface area contributed by atoms with Gasteiger partial charge in [-0.2, -0.15) is 0 Å². The minimum absolute atomic E-state index is 0.175. The maximum absolute atomic E-state index is 12.6. The fraction of sp³-hybridized carbons (Fsp3) is 0.238. The van der Waals surface area contributed by atoms with Crippen molar-refractivity contribution >= 4 is 28.4 Å². The third kappa shape index (κ3) is 4.89. The van der Waals surface area contributed by atoms with Gasteiger partial charge >= 0.3 is 0 Å². The highest BCUT2D eigenvalue weighted by molar-refractivity contribution is 6.07. The number of aromatic nitrogens is 2. The highest BCUT2D eigenvalue weighted by Crippen LogP contribution is 2.21. The first-order valence-electron chi connectivity index (χ1n) is 9.09. The molecule has 0 bridgehead atoms. The molecular weight excluding hydrogens is 354 g/mol. The van der Waals surface area contributed by atoms with E-state index in [9.17, 15) is 9.59 Å². The van der Waals surface area contributed by atoms with Crippen LogP contribution in [0.2, 0.25) is 0 Å². The van der Waals surface area contributed by atoms with Gasteiger partial charge in [-0.25, -0.2) is 4.98 Å². The molecule has 28 heavy (non-hydrogen) atoms. The minimum Gasteiger partial charge on any atom is -0.351 e. The van der Waals surface area contributed by atoms with Gasteiger partial charge in [0, 0.05) is 18.1 Å². The molecular formula is C21H23N5O2. The number of amides is 2. The number of fused-ring (bicyclic) bond motifs is 1. The van der Waals surface area contributed by atoms with Crippen LogP contribution < -0.4 is 10.6 Å². The van der Waals surface area contributed by atoms with Gasteiger partial charge in [0.05, 0.1) is 11.2 Å². The predicted molar refractivity (Wildman–Crippen MR) is 109 cm³/mol. The van der Waals surface area contributed by atoms with Crippen molar-refractivity contribution in [3.8, 4) is 0 Å². The van der Waals surface area contributed by atoms with Crippen LogP contribution in [0, 0.1) is 0 Å². The average Bonchev–Trinajstić information content (AvgIpc) is 2.71. The summed E-state index contributed by atoms with van der Waals surface area (Å²) in [6, 6.07) is 14.2. The zero-order chi connectivity index (χ0) is 19.9. The summed E-state index contributed by atoms with van der Waals surface area (Å²) in [4.78, 5) is 35.5. The Morgan fingerprint density at radius 2 is 1.68 bits per heavy atom. The molecule has 2 N–H and O–H groups in total. The van der Waals surface area contributed by atoms with Crippen LogP contribution in [-0.2, 0) is 0 Å². The fourth-order valence-electron chi connectivity index (χ4n) is 2.77. The van der Waals surface area contributed by atoms with Gasteiger partial charge in [-0.15, -0.1) is 0 Å². The molecule has 0 aliphatic rings. The van der Waals surface area contributed by atoms with Crippen molar-refractivity contribution in [1.82, 2.24) is 20.2 Å². The van der Waals surface area contributed by atoms with Crippen LogP contribution in [0.3, 0.4) is 0 Å². The Labute approximate surface area is 163 Å². The van der Waals surface area contributed by atoms with Gasteiger partial charge in [0.15, 0.2) is 0 Å². The maximum atomic E-state index is 12.6. The van der Waals surface area contributed by atoms with E-state index in [0.29, 0.717) is 17.7 Å². The van der Waals surface area contributed by atoms with Crippen molar-refractivity contribution in [2.75, 3.05) is 32.5 Å². The van der Waals surface area contributed by atoms with Crippen LogP contribution >= 0.6 is 0 Å². The first kappa shape index (κ1) is 19.4. The Morgan fingerprint density at radius 1 is 0.964 bits per heavy atom. The van der Waals surface area contributed by atoms with Crippen LogP contribution in [0.4, 0.5) is 5.69 Å². The van der Waals surface area contributed by atoms with E-state index in [1.165, 1.54) is 0 Å². The lowest BCUT2D eigenvalue weighted by molar-refractivity contribution is 0.0947. The summed E-state index contributed by atoms with van der Waals surface area (Å²) in [5.41, 5.74) is 1.69. The number of hydrogen-bond donors (Lipinski definition) is 2. The number of anilines is 1. The molecule has 2 aromatic heterocycles. The number of para-hydroxylation sites is 1. The molecule has 0 saturated heterocycles. The van der Waals surface area contributed by atoms with Crippen molar-refractivity contribution in [3.05, 3.63) is 66.1 Å². The van der Waals surface area contributed by atoms with Crippen molar-refractivity contribution in [2.45, 2.75) is 6.42 Å². The van der Waals surface area contributed by atoms with E-state index in [4.69, 9.17) is 0 Å². The maximum Gasteiger partial charge on any atom is 0.274 e. The summed E-state index contributed by atoms with van der Waals surface area (Å²) < 4.78 is 0. The molecule has 2 heterocycles. The number of nitrogens with zero attached hydrogens (tertiary/aromatic N) is 3. The van der Waals surface area contributed by atoms with Gasteiger partial charge in [-0.3, -0.25) is 14.6 Å². The molecule has 0 atom stereocenters. The second-order valence-electron chi connectivity index (χ2n) is 6.66. The van der Waals surface area contributed by atoms with Crippen molar-refractivity contribution in [3.63, 3.8) is 0 Å². The highest BCUT2D eigenvalue weighted by atomic mass is 16.2. The molecule has 7 heteroatoms. The molecule has 7 nitrogen and oxygen atoms in total. The third-order valence-electron chi connectivity index (χ3n) is 4.16. The Kier molecular flexibility index (Phi) is 6.29. The molecule has 0 spiro atoms. The van der Waals surface area contributed by atoms with Gasteiger partial charge < -0.3 is 15.5 Å². The molecule has 3 rings (SSSR count). The van der Waals surface area contributed by atoms with Gasteiger partial charge in [0.25, 0.3) is 11.8 Å². The molecule has 0 aliphatic heterocycles. The molecule has 2 amide bonds. The van der Waals surface area contributed by atoms with Crippen LogP contribution in [0.15, 0.2) is 54.7 Å². The standard InChI is InChI=1S/C21H23N5O2/c1-26(2)14-6-13-23-20(27)17-10-4-11-18(24-17)21(28)25-16-9-3-7-15-8-5-12-22-19(15)16/h3-5,7-12H,6,13-14H2,1-2H3,(H,23,27)(H,25,28). The van der Waals surface area contributed by atoms with Crippen LogP contribution in [-0.4, -0.2) is 53.9 Å². The van der Waals surface area contributed by atoms with E-state index in [-0.39, 0.29) is 23.2 Å². The Morgan fingerprint density at radius 3 is 2.46 bits per heavy atom. The largest absolute Gasteiger partial charge is 0.351 e. The van der Waals surface area contributed by atoms with Gasteiger partial charge in [0.1, 0.15) is 11.4 Å². The highest BCUT2D eigenvalue weighted by Gasteiger charge is 2.13. The third-order valence-corrected chi connectivity index (χ3v) is 4.16. The lowest BCUT2D eigenvalue weighted by Crippen LogP contribution is -2.28. The summed E-state index contributed by atoms with van der Waals surface area (Å²) in [5, 5.41) is 6.59. The Balaban J connectivity index is 1.69. The van der Waals surface area contributed by atoms with Gasteiger partial charge in [0.2, 0.25) is 0 Å². The number of pyridine rings is 2. The number of carbonyl (C=O) groups excluding carboxylic acids is 2. The number of carbonyl (C=O) groups is 2. The number of nitrogens with one attached hydrogen (secondary N) is 2. The van der Waals surface area contributed by atoms with E-state index in [1.807, 2.05) is 38.4 Å². The molecule has 3 aromatic rings. The number of rotatable bonds is 7. The van der Waals surface area contributed by atoms with Gasteiger partial charge in [-0.1, -0.05) is 24.3 Å². The molecule has 0 aliphatic carbocycles. The second-order valence-corrected chi connectivity index (χ2v) is 6.66. The first-order chi connectivity index (χ1) is 13.5. The Bertz CT molecular complexity index is 982. The van der Waals surface area contributed by atoms with E-state index in [2.05, 4.69) is 25.5 Å². The van der Waals surface area contributed by atoms with Crippen molar-refractivity contribution in [2.24, 2.45) is 0 Å². The zero-order valence-electron chi connectivity index (χ0n) is 16.0. The quantitative estimate of drug-likeness (QED) is 0.618. The normalized spacial score (nSPS) is 10.8. The summed E-state index contributed by atoms with van der Waals surface area (Å²) in [5.74, 6) is -0.680. The second kappa shape index (κ2) is 9.05. The molecule has 0 unspecified atom stereocenters. The van der Waals surface area contributed by atoms with Crippen molar-refractivity contribution in [1.29, 1.82) is 0 Å². The van der Waals surface area contributed by atoms with E-state index < -0.39 is 0 Å². The monoisotopic (exact) mass is 377 g/mol. The lowest BCUT2D eigenvalue weighted by atomic mass is 10.2. The lowest BCUT2D eigenvalue weighted by Gasteiger charge is -2.10. The summed E-state index contributed by atoms with van der Waals surface area (Å²) in [6.45, 7) is 1.44. The zero-order valence-corrected chi connectivity index (χ0v) is 16.0. The Hall–Kier alpha value is -3.32. The fourth-order valence-corrected chi connectivity index (χ4v) is 2.77. The first-order valence-corrected chi connectivity index (χ1v) is 9.09. The number of benzene rings is 1. The number of hydrogen-bond acceptors (Lipinski definition) is 5. The SMILES string of the molecule is CN(C)CCCNC(=O)c1cccc(C(=O)Nc2cccc3cccnc23)n1. The molecule has 144 valence electrons. The average molecular weight is 377 g/mol. The molecule has 0 saturated carbocycles. The summed E-state index contributed by atoms with van der Waals surface area (Å²) >= 11 is 0. The summed E-state index contributed by atoms with van der Waals surface area (Å²) in [6.07, 6.45) is 2.52. The molecule has 0 radical (unpaired) electrons. The van der Waals surface area contributed by atoms with Crippen LogP contribution in [0.1, 0.15) is 27.4 Å². The summed E-state index contributed by atoms with van der Waals surface area (Å²) in [7, 11) is 3.97. The van der Waals surface area contributed by atoms with Crippen LogP contribution in [0.5, 0.6) is 0 Å². The van der Waals surface area contributed by atoms with E-state index in [0.717, 1.165) is 18.4 Å². The molecule has 1 aromatic carbocycles. The predicted octanol–water partition coefficient (Wildman–Crippen LogP) is 2.56. The van der Waals surface area contributed by atoms with Gasteiger partial charge in [-0.05, 0) is 51.3 Å². The molecule has 0 fully saturated rings.